The maximum absolute atomic E-state index is 13.1. The molecule has 5 heteroatoms. The molecule has 1 atom stereocenters. The van der Waals surface area contributed by atoms with Gasteiger partial charge in [0.05, 0.1) is 30.4 Å². The minimum atomic E-state index is -0.000461. The lowest BCUT2D eigenvalue weighted by atomic mass is 10.1. The molecule has 2 aliphatic heterocycles. The van der Waals surface area contributed by atoms with Gasteiger partial charge in [-0.3, -0.25) is 9.69 Å². The molecule has 1 N–H and O–H groups in total. The van der Waals surface area contributed by atoms with E-state index in [4.69, 9.17) is 4.74 Å². The molecule has 26 heavy (non-hydrogen) atoms. The molecule has 132 valence electrons. The zero-order chi connectivity index (χ0) is 17.9. The quantitative estimate of drug-likeness (QED) is 0.835. The molecule has 1 saturated heterocycles. The molecule has 1 amide bonds. The van der Waals surface area contributed by atoms with Crippen molar-refractivity contribution >= 4 is 29.0 Å². The molecule has 0 aliphatic carbocycles. The van der Waals surface area contributed by atoms with Crippen LogP contribution in [0.5, 0.6) is 0 Å². The average molecular weight is 364 g/mol. The van der Waals surface area contributed by atoms with E-state index in [0.29, 0.717) is 12.6 Å². The van der Waals surface area contributed by atoms with E-state index >= 15 is 0 Å². The van der Waals surface area contributed by atoms with E-state index in [1.54, 1.807) is 23.6 Å². The van der Waals surface area contributed by atoms with Gasteiger partial charge in [-0.2, -0.15) is 0 Å². The second-order valence-electron chi connectivity index (χ2n) is 6.30. The number of hydrogen-bond acceptors (Lipinski definition) is 4. The summed E-state index contributed by atoms with van der Waals surface area (Å²) >= 11 is 1.63. The fourth-order valence-corrected chi connectivity index (χ4v) is 4.33. The Hall–Kier alpha value is -2.42. The lowest BCUT2D eigenvalue weighted by Crippen LogP contribution is -2.31. The number of amides is 1. The zero-order valence-corrected chi connectivity index (χ0v) is 15.4. The second-order valence-corrected chi connectivity index (χ2v) is 7.39. The largest absolute Gasteiger partial charge is 0.380 e. The first-order chi connectivity index (χ1) is 12.8. The monoisotopic (exact) mass is 364 g/mol. The third-order valence-electron chi connectivity index (χ3n) is 4.55. The maximum Gasteiger partial charge on any atom is 0.260 e. The van der Waals surface area contributed by atoms with E-state index < -0.39 is 0 Å². The third kappa shape index (κ3) is 3.31. The van der Waals surface area contributed by atoms with Crippen molar-refractivity contribution < 1.29 is 9.53 Å². The van der Waals surface area contributed by atoms with Gasteiger partial charge in [0.15, 0.2) is 0 Å². The molecular weight excluding hydrogens is 344 g/mol. The summed E-state index contributed by atoms with van der Waals surface area (Å²) in [6.45, 7) is 3.73. The van der Waals surface area contributed by atoms with Crippen LogP contribution < -0.4 is 10.2 Å². The van der Waals surface area contributed by atoms with Crippen LogP contribution in [-0.4, -0.2) is 31.7 Å². The molecule has 2 aromatic carbocycles. The Kier molecular flexibility index (Phi) is 4.87. The van der Waals surface area contributed by atoms with Gasteiger partial charge >= 0.3 is 0 Å². The highest BCUT2D eigenvalue weighted by atomic mass is 32.2. The number of carbonyl (C=O) groups is 1. The molecule has 0 spiro atoms. The zero-order valence-electron chi connectivity index (χ0n) is 14.6. The van der Waals surface area contributed by atoms with Crippen molar-refractivity contribution in [1.82, 2.24) is 0 Å². The molecular formula is C21H20N2O2S. The molecule has 4 nitrogen and oxygen atoms in total. The Balaban J connectivity index is 1.74. The molecule has 0 saturated carbocycles. The first-order valence-electron chi connectivity index (χ1n) is 8.73. The Morgan fingerprint density at radius 3 is 2.96 bits per heavy atom. The Labute approximate surface area is 157 Å². The van der Waals surface area contributed by atoms with Crippen LogP contribution >= 0.6 is 11.8 Å². The molecule has 2 aliphatic rings. The number of benzene rings is 2. The van der Waals surface area contributed by atoms with Gasteiger partial charge in [-0.05, 0) is 43.7 Å². The van der Waals surface area contributed by atoms with E-state index in [2.05, 4.69) is 23.2 Å². The number of ether oxygens (including phenoxy) is 1. The number of fused-ring (bicyclic) bond motifs is 2. The number of nitrogens with zero attached hydrogens (tertiary/aromatic N) is 1. The smallest absolute Gasteiger partial charge is 0.260 e. The fourth-order valence-electron chi connectivity index (χ4n) is 3.21. The lowest BCUT2D eigenvalue weighted by molar-refractivity contribution is 0.0987. The minimum absolute atomic E-state index is 0.000461. The summed E-state index contributed by atoms with van der Waals surface area (Å²) in [6.07, 6.45) is 1.02. The van der Waals surface area contributed by atoms with Gasteiger partial charge in [0, 0.05) is 22.1 Å². The highest BCUT2D eigenvalue weighted by Gasteiger charge is 2.27. The number of anilines is 2. The normalized spacial score (nSPS) is 18.4. The van der Waals surface area contributed by atoms with Crippen molar-refractivity contribution in [3.63, 3.8) is 0 Å². The van der Waals surface area contributed by atoms with Crippen LogP contribution in [-0.2, 0) is 4.74 Å². The fraction of sp³-hybridized carbons (Fsp3) is 0.286. The van der Waals surface area contributed by atoms with Gasteiger partial charge in [0.25, 0.3) is 5.91 Å². The number of rotatable bonds is 3. The summed E-state index contributed by atoms with van der Waals surface area (Å²) in [5, 5.41) is 3.53. The van der Waals surface area contributed by atoms with Crippen molar-refractivity contribution in [2.45, 2.75) is 29.2 Å². The lowest BCUT2D eigenvalue weighted by Gasteiger charge is -2.21. The Morgan fingerprint density at radius 2 is 2.15 bits per heavy atom. The topological polar surface area (TPSA) is 41.6 Å². The average Bonchev–Trinajstić information content (AvgIpc) is 3.13. The SMILES string of the molecule is CC#CCN1C(=O)c2ccccc2Sc2cc(NC3CCOC3)ccc21. The Bertz CT molecular complexity index is 894. The van der Waals surface area contributed by atoms with Crippen molar-refractivity contribution in [3.8, 4) is 11.8 Å². The summed E-state index contributed by atoms with van der Waals surface area (Å²) in [6, 6.07) is 14.3. The summed E-state index contributed by atoms with van der Waals surface area (Å²) in [5.41, 5.74) is 2.69. The van der Waals surface area contributed by atoms with Crippen LogP contribution in [0.4, 0.5) is 11.4 Å². The predicted octanol–water partition coefficient (Wildman–Crippen LogP) is 4.02. The third-order valence-corrected chi connectivity index (χ3v) is 5.67. The summed E-state index contributed by atoms with van der Waals surface area (Å²) in [7, 11) is 0. The van der Waals surface area contributed by atoms with Crippen molar-refractivity contribution in [2.75, 3.05) is 30.0 Å². The number of hydrogen-bond donors (Lipinski definition) is 1. The minimum Gasteiger partial charge on any atom is -0.380 e. The maximum atomic E-state index is 13.1. The van der Waals surface area contributed by atoms with Gasteiger partial charge < -0.3 is 10.1 Å². The predicted molar refractivity (Wildman–Crippen MR) is 105 cm³/mol. The number of carbonyl (C=O) groups excluding carboxylic acids is 1. The van der Waals surface area contributed by atoms with Crippen LogP contribution in [0.15, 0.2) is 52.3 Å². The molecule has 0 bridgehead atoms. The van der Waals surface area contributed by atoms with Crippen molar-refractivity contribution in [2.24, 2.45) is 0 Å². The van der Waals surface area contributed by atoms with E-state index in [1.165, 1.54) is 0 Å². The van der Waals surface area contributed by atoms with Crippen LogP contribution in [0.1, 0.15) is 23.7 Å². The highest BCUT2D eigenvalue weighted by molar-refractivity contribution is 7.99. The molecule has 4 rings (SSSR count). The Morgan fingerprint density at radius 1 is 1.27 bits per heavy atom. The molecule has 2 heterocycles. The first kappa shape index (κ1) is 17.0. The standard InChI is InChI=1S/C21H20N2O2S/c1-2-3-11-23-18-9-8-15(22-16-10-12-25-14-16)13-20(18)26-19-7-5-4-6-17(19)21(23)24/h4-9,13,16,22H,10-12,14H2,1H3. The van der Waals surface area contributed by atoms with E-state index in [1.807, 2.05) is 36.4 Å². The van der Waals surface area contributed by atoms with Crippen molar-refractivity contribution in [3.05, 3.63) is 48.0 Å². The van der Waals surface area contributed by atoms with Gasteiger partial charge in [0.1, 0.15) is 0 Å². The van der Waals surface area contributed by atoms with Gasteiger partial charge in [-0.15, -0.1) is 5.92 Å². The second kappa shape index (κ2) is 7.45. The van der Waals surface area contributed by atoms with Crippen LogP contribution in [0.3, 0.4) is 0 Å². The van der Waals surface area contributed by atoms with Crippen LogP contribution in [0, 0.1) is 11.8 Å². The first-order valence-corrected chi connectivity index (χ1v) is 9.54. The molecule has 1 fully saturated rings. The molecule has 1 unspecified atom stereocenters. The van der Waals surface area contributed by atoms with Gasteiger partial charge in [-0.25, -0.2) is 0 Å². The van der Waals surface area contributed by atoms with Gasteiger partial charge in [-0.1, -0.05) is 29.8 Å². The molecule has 0 radical (unpaired) electrons. The van der Waals surface area contributed by atoms with Crippen LogP contribution in [0.25, 0.3) is 0 Å². The van der Waals surface area contributed by atoms with Crippen molar-refractivity contribution in [1.29, 1.82) is 0 Å². The summed E-state index contributed by atoms with van der Waals surface area (Å²) < 4.78 is 5.45. The highest BCUT2D eigenvalue weighted by Crippen LogP contribution is 2.42. The van der Waals surface area contributed by atoms with E-state index in [-0.39, 0.29) is 5.91 Å². The van der Waals surface area contributed by atoms with Crippen LogP contribution in [0.2, 0.25) is 0 Å². The van der Waals surface area contributed by atoms with E-state index in [9.17, 15) is 4.79 Å². The van der Waals surface area contributed by atoms with Gasteiger partial charge in [0.2, 0.25) is 0 Å². The van der Waals surface area contributed by atoms with E-state index in [0.717, 1.165) is 46.4 Å². The summed E-state index contributed by atoms with van der Waals surface area (Å²) in [5.74, 6) is 5.93. The number of nitrogens with one attached hydrogen (secondary N) is 1. The molecule has 2 aromatic rings. The molecule has 0 aromatic heterocycles. The summed E-state index contributed by atoms with van der Waals surface area (Å²) in [4.78, 5) is 16.9.